The molecule has 1 rings (SSSR count). The molecule has 0 unspecified atom stereocenters. The Bertz CT molecular complexity index is 260. The van der Waals surface area contributed by atoms with Crippen LogP contribution in [0.2, 0.25) is 0 Å². The Kier molecular flexibility index (Phi) is 5.80. The minimum Gasteiger partial charge on any atom is -0.356 e. The van der Waals surface area contributed by atoms with Crippen molar-refractivity contribution in [3.8, 4) is 0 Å². The molecule has 0 spiro atoms. The fourth-order valence-electron chi connectivity index (χ4n) is 1.89. The Labute approximate surface area is 103 Å². The first-order valence-corrected chi connectivity index (χ1v) is 6.43. The predicted octanol–water partition coefficient (Wildman–Crippen LogP) is 0.954. The highest BCUT2D eigenvalue weighted by atomic mass is 16.2. The van der Waals surface area contributed by atoms with Crippen molar-refractivity contribution in [2.75, 3.05) is 26.2 Å². The van der Waals surface area contributed by atoms with Crippen LogP contribution in [0.4, 0.5) is 4.79 Å². The lowest BCUT2D eigenvalue weighted by Crippen LogP contribution is -2.45. The van der Waals surface area contributed by atoms with E-state index in [1.807, 2.05) is 11.8 Å². The van der Waals surface area contributed by atoms with Gasteiger partial charge in [0.25, 0.3) is 0 Å². The quantitative estimate of drug-likeness (QED) is 0.770. The van der Waals surface area contributed by atoms with Crippen molar-refractivity contribution in [1.82, 2.24) is 15.5 Å². The molecule has 1 heterocycles. The Hall–Kier alpha value is -1.26. The molecule has 0 radical (unpaired) electrons. The van der Waals surface area contributed by atoms with Gasteiger partial charge in [0.05, 0.1) is 0 Å². The standard InChI is InChI=1S/C12H23N3O2/c1-3-13-11(16)4-7-14-12(17)15-8-5-10(2)6-9-15/h10H,3-9H2,1-2H3,(H,13,16)(H,14,17). The van der Waals surface area contributed by atoms with Crippen molar-refractivity contribution in [3.63, 3.8) is 0 Å². The van der Waals surface area contributed by atoms with Crippen molar-refractivity contribution in [3.05, 3.63) is 0 Å². The minimum atomic E-state index is -0.0406. The van der Waals surface area contributed by atoms with Crippen LogP contribution >= 0.6 is 0 Å². The molecular weight excluding hydrogens is 218 g/mol. The van der Waals surface area contributed by atoms with Gasteiger partial charge in [-0.2, -0.15) is 0 Å². The number of hydrogen-bond acceptors (Lipinski definition) is 2. The van der Waals surface area contributed by atoms with Crippen LogP contribution in [0.3, 0.4) is 0 Å². The van der Waals surface area contributed by atoms with Gasteiger partial charge in [0.15, 0.2) is 0 Å². The second-order valence-electron chi connectivity index (χ2n) is 4.61. The molecule has 1 fully saturated rings. The molecular formula is C12H23N3O2. The molecule has 0 saturated carbocycles. The molecule has 0 atom stereocenters. The highest BCUT2D eigenvalue weighted by Crippen LogP contribution is 2.15. The second kappa shape index (κ2) is 7.14. The number of nitrogens with one attached hydrogen (secondary N) is 2. The number of piperidine rings is 1. The maximum absolute atomic E-state index is 11.7. The van der Waals surface area contributed by atoms with Crippen molar-refractivity contribution in [2.24, 2.45) is 5.92 Å². The van der Waals surface area contributed by atoms with E-state index in [2.05, 4.69) is 17.6 Å². The zero-order valence-corrected chi connectivity index (χ0v) is 10.8. The number of urea groups is 1. The summed E-state index contributed by atoms with van der Waals surface area (Å²) in [6, 6.07) is -0.0406. The summed E-state index contributed by atoms with van der Waals surface area (Å²) in [5.41, 5.74) is 0. The van der Waals surface area contributed by atoms with Crippen molar-refractivity contribution in [1.29, 1.82) is 0 Å². The van der Waals surface area contributed by atoms with Crippen LogP contribution in [-0.4, -0.2) is 43.0 Å². The van der Waals surface area contributed by atoms with E-state index >= 15 is 0 Å². The third-order valence-corrected chi connectivity index (χ3v) is 3.07. The molecule has 98 valence electrons. The summed E-state index contributed by atoms with van der Waals surface area (Å²) in [6.07, 6.45) is 2.50. The van der Waals surface area contributed by atoms with Gasteiger partial charge < -0.3 is 15.5 Å². The van der Waals surface area contributed by atoms with Gasteiger partial charge in [-0.1, -0.05) is 6.92 Å². The van der Waals surface area contributed by atoms with Gasteiger partial charge in [-0.05, 0) is 25.7 Å². The molecule has 3 amide bonds. The van der Waals surface area contributed by atoms with Crippen LogP contribution in [0, 0.1) is 5.92 Å². The number of rotatable bonds is 4. The smallest absolute Gasteiger partial charge is 0.317 e. The van der Waals surface area contributed by atoms with Gasteiger partial charge >= 0.3 is 6.03 Å². The number of amides is 3. The summed E-state index contributed by atoms with van der Waals surface area (Å²) in [4.78, 5) is 24.7. The number of carbonyl (C=O) groups is 2. The summed E-state index contributed by atoms with van der Waals surface area (Å²) in [5.74, 6) is 0.703. The average molecular weight is 241 g/mol. The molecule has 1 aliphatic heterocycles. The summed E-state index contributed by atoms with van der Waals surface area (Å²) < 4.78 is 0. The Morgan fingerprint density at radius 2 is 1.88 bits per heavy atom. The molecule has 1 saturated heterocycles. The van der Waals surface area contributed by atoms with E-state index in [0.717, 1.165) is 31.8 Å². The SMILES string of the molecule is CCNC(=O)CCNC(=O)N1CCC(C)CC1. The maximum atomic E-state index is 11.7. The summed E-state index contributed by atoms with van der Waals surface area (Å²) in [7, 11) is 0. The molecule has 2 N–H and O–H groups in total. The lowest BCUT2D eigenvalue weighted by atomic mass is 10.00. The molecule has 0 aliphatic carbocycles. The zero-order chi connectivity index (χ0) is 12.7. The van der Waals surface area contributed by atoms with E-state index in [1.54, 1.807) is 0 Å². The lowest BCUT2D eigenvalue weighted by Gasteiger charge is -2.30. The molecule has 17 heavy (non-hydrogen) atoms. The number of nitrogens with zero attached hydrogens (tertiary/aromatic N) is 1. The number of carbonyl (C=O) groups excluding carboxylic acids is 2. The van der Waals surface area contributed by atoms with Crippen LogP contribution in [0.1, 0.15) is 33.1 Å². The van der Waals surface area contributed by atoms with Gasteiger partial charge in [-0.15, -0.1) is 0 Å². The highest BCUT2D eigenvalue weighted by Gasteiger charge is 2.19. The van der Waals surface area contributed by atoms with Gasteiger partial charge in [0.1, 0.15) is 0 Å². The Morgan fingerprint density at radius 1 is 1.24 bits per heavy atom. The molecule has 1 aliphatic rings. The van der Waals surface area contributed by atoms with Gasteiger partial charge in [0, 0.05) is 32.6 Å². The van der Waals surface area contributed by atoms with E-state index in [4.69, 9.17) is 0 Å². The lowest BCUT2D eigenvalue weighted by molar-refractivity contribution is -0.120. The fraction of sp³-hybridized carbons (Fsp3) is 0.833. The van der Waals surface area contributed by atoms with Crippen LogP contribution < -0.4 is 10.6 Å². The molecule has 0 aromatic heterocycles. The molecule has 0 bridgehead atoms. The number of hydrogen-bond donors (Lipinski definition) is 2. The summed E-state index contributed by atoms with van der Waals surface area (Å²) >= 11 is 0. The van der Waals surface area contributed by atoms with E-state index in [1.165, 1.54) is 0 Å². The molecule has 0 aromatic rings. The molecule has 5 heteroatoms. The fourth-order valence-corrected chi connectivity index (χ4v) is 1.89. The van der Waals surface area contributed by atoms with Crippen LogP contribution in [0.15, 0.2) is 0 Å². The summed E-state index contributed by atoms with van der Waals surface area (Å²) in [6.45, 7) is 6.80. The first kappa shape index (κ1) is 13.8. The van der Waals surface area contributed by atoms with E-state index < -0.39 is 0 Å². The van der Waals surface area contributed by atoms with E-state index in [-0.39, 0.29) is 11.9 Å². The number of likely N-dealkylation sites (tertiary alicyclic amines) is 1. The second-order valence-corrected chi connectivity index (χ2v) is 4.61. The van der Waals surface area contributed by atoms with E-state index in [0.29, 0.717) is 19.5 Å². The van der Waals surface area contributed by atoms with Crippen LogP contribution in [0.5, 0.6) is 0 Å². The Balaban J connectivity index is 2.14. The zero-order valence-electron chi connectivity index (χ0n) is 10.8. The van der Waals surface area contributed by atoms with Gasteiger partial charge in [0.2, 0.25) is 5.91 Å². The van der Waals surface area contributed by atoms with Gasteiger partial charge in [-0.3, -0.25) is 4.79 Å². The van der Waals surface area contributed by atoms with Crippen molar-refractivity contribution < 1.29 is 9.59 Å². The minimum absolute atomic E-state index is 0.0138. The molecule has 0 aromatic carbocycles. The first-order chi connectivity index (χ1) is 8.13. The predicted molar refractivity (Wildman–Crippen MR) is 66.7 cm³/mol. The normalized spacial score (nSPS) is 16.7. The monoisotopic (exact) mass is 241 g/mol. The van der Waals surface area contributed by atoms with Crippen molar-refractivity contribution in [2.45, 2.75) is 33.1 Å². The van der Waals surface area contributed by atoms with Crippen molar-refractivity contribution >= 4 is 11.9 Å². The molecule has 5 nitrogen and oxygen atoms in total. The third-order valence-electron chi connectivity index (χ3n) is 3.07. The largest absolute Gasteiger partial charge is 0.356 e. The maximum Gasteiger partial charge on any atom is 0.317 e. The topological polar surface area (TPSA) is 61.4 Å². The summed E-state index contributed by atoms with van der Waals surface area (Å²) in [5, 5.41) is 5.48. The average Bonchev–Trinajstić information content (AvgIpc) is 2.30. The van der Waals surface area contributed by atoms with Crippen LogP contribution in [0.25, 0.3) is 0 Å². The Morgan fingerprint density at radius 3 is 2.47 bits per heavy atom. The van der Waals surface area contributed by atoms with Crippen LogP contribution in [-0.2, 0) is 4.79 Å². The highest BCUT2D eigenvalue weighted by molar-refractivity contribution is 5.78. The van der Waals surface area contributed by atoms with Gasteiger partial charge in [-0.25, -0.2) is 4.79 Å². The van der Waals surface area contributed by atoms with E-state index in [9.17, 15) is 9.59 Å². The first-order valence-electron chi connectivity index (χ1n) is 6.43. The third kappa shape index (κ3) is 5.06.